The Morgan fingerprint density at radius 1 is 0.966 bits per heavy atom. The van der Waals surface area contributed by atoms with Crippen molar-refractivity contribution in [3.05, 3.63) is 71.8 Å². The molecule has 0 aliphatic heterocycles. The fourth-order valence-corrected chi connectivity index (χ4v) is 5.42. The number of carbonyl (C=O) groups excluding carboxylic acids is 2. The summed E-state index contributed by atoms with van der Waals surface area (Å²) >= 11 is 0. The number of benzene rings is 2. The van der Waals surface area contributed by atoms with Crippen LogP contribution in [0.25, 0.3) is 0 Å². The standard InChI is InChI=1S/C25H28O4/c1-28-23(27)21-14-24(18-29-15-20-10-6-3-7-11-20)16-25(21,17-24)22(26)13-12-19-8-4-2-5-9-19/h2-11,21H,12-18H2,1H3. The van der Waals surface area contributed by atoms with E-state index < -0.39 is 5.41 Å². The van der Waals surface area contributed by atoms with Gasteiger partial charge in [0.25, 0.3) is 0 Å². The number of hydrogen-bond acceptors (Lipinski definition) is 4. The SMILES string of the molecule is COC(=O)C1CC2(COCc3ccccc3)CC1(C(=O)CCc1ccccc1)C2. The first kappa shape index (κ1) is 19.8. The Bertz CT molecular complexity index is 853. The number of ketones is 1. The van der Waals surface area contributed by atoms with Gasteiger partial charge in [-0.15, -0.1) is 0 Å². The number of Topliss-reactive ketones (excluding diaryl/α,β-unsaturated/α-hetero) is 1. The second kappa shape index (κ2) is 8.11. The molecule has 3 fully saturated rings. The molecular weight excluding hydrogens is 364 g/mol. The minimum Gasteiger partial charge on any atom is -0.469 e. The number of methoxy groups -OCH3 is 1. The molecular formula is C25H28O4. The third-order valence-corrected chi connectivity index (χ3v) is 6.73. The van der Waals surface area contributed by atoms with Gasteiger partial charge in [0.2, 0.25) is 0 Å². The molecule has 4 nitrogen and oxygen atoms in total. The van der Waals surface area contributed by atoms with E-state index in [2.05, 4.69) is 0 Å². The van der Waals surface area contributed by atoms with Crippen molar-refractivity contribution < 1.29 is 19.1 Å². The second-order valence-corrected chi connectivity index (χ2v) is 8.68. The minimum atomic E-state index is -0.558. The highest BCUT2D eigenvalue weighted by atomic mass is 16.5. The molecule has 0 radical (unpaired) electrons. The Balaban J connectivity index is 1.39. The summed E-state index contributed by atoms with van der Waals surface area (Å²) in [6.07, 6.45) is 3.35. The van der Waals surface area contributed by atoms with Gasteiger partial charge in [0.15, 0.2) is 0 Å². The van der Waals surface area contributed by atoms with E-state index in [0.29, 0.717) is 32.5 Å². The third-order valence-electron chi connectivity index (χ3n) is 6.73. The highest BCUT2D eigenvalue weighted by molar-refractivity contribution is 5.93. The third kappa shape index (κ3) is 3.86. The predicted octanol–water partition coefficient (Wildman–Crippen LogP) is 4.36. The average Bonchev–Trinajstić information content (AvgIpc) is 3.25. The molecule has 2 bridgehead atoms. The zero-order valence-electron chi connectivity index (χ0n) is 16.9. The first-order valence-electron chi connectivity index (χ1n) is 10.3. The van der Waals surface area contributed by atoms with Gasteiger partial charge in [-0.3, -0.25) is 9.59 Å². The fraction of sp³-hybridized carbons (Fsp3) is 0.440. The molecule has 4 heteroatoms. The topological polar surface area (TPSA) is 52.6 Å². The molecule has 3 aliphatic rings. The highest BCUT2D eigenvalue weighted by Gasteiger charge is 2.71. The monoisotopic (exact) mass is 392 g/mol. The van der Waals surface area contributed by atoms with E-state index >= 15 is 0 Å². The zero-order valence-corrected chi connectivity index (χ0v) is 16.9. The maximum Gasteiger partial charge on any atom is 0.309 e. The summed E-state index contributed by atoms with van der Waals surface area (Å²) in [6.45, 7) is 1.14. The van der Waals surface area contributed by atoms with Gasteiger partial charge in [0.1, 0.15) is 5.78 Å². The average molecular weight is 392 g/mol. The maximum atomic E-state index is 13.2. The van der Waals surface area contributed by atoms with Crippen LogP contribution in [0, 0.1) is 16.7 Å². The lowest BCUT2D eigenvalue weighted by Crippen LogP contribution is -2.48. The largest absolute Gasteiger partial charge is 0.469 e. The normalized spacial score (nSPS) is 27.3. The first-order chi connectivity index (χ1) is 14.1. The van der Waals surface area contributed by atoms with Crippen LogP contribution in [0.15, 0.2) is 60.7 Å². The molecule has 0 heterocycles. The Morgan fingerprint density at radius 3 is 2.21 bits per heavy atom. The maximum absolute atomic E-state index is 13.2. The quantitative estimate of drug-likeness (QED) is 0.595. The Labute approximate surface area is 172 Å². The van der Waals surface area contributed by atoms with Crippen LogP contribution in [0.5, 0.6) is 0 Å². The molecule has 2 aromatic carbocycles. The molecule has 2 aromatic rings. The number of rotatable bonds is 9. The molecule has 0 N–H and O–H groups in total. The molecule has 0 amide bonds. The van der Waals surface area contributed by atoms with Gasteiger partial charge in [-0.1, -0.05) is 60.7 Å². The number of hydrogen-bond donors (Lipinski definition) is 0. The van der Waals surface area contributed by atoms with Crippen LogP contribution in [-0.2, 0) is 32.1 Å². The number of esters is 1. The van der Waals surface area contributed by atoms with Gasteiger partial charge in [-0.25, -0.2) is 0 Å². The Hall–Kier alpha value is -2.46. The van der Waals surface area contributed by atoms with Crippen LogP contribution >= 0.6 is 0 Å². The van der Waals surface area contributed by atoms with Crippen LogP contribution in [-0.4, -0.2) is 25.5 Å². The predicted molar refractivity (Wildman–Crippen MR) is 110 cm³/mol. The lowest BCUT2D eigenvalue weighted by atomic mass is 9.56. The van der Waals surface area contributed by atoms with Crippen molar-refractivity contribution in [2.24, 2.45) is 16.7 Å². The van der Waals surface area contributed by atoms with Crippen molar-refractivity contribution in [2.75, 3.05) is 13.7 Å². The molecule has 5 rings (SSSR count). The zero-order chi connectivity index (χ0) is 20.3. The summed E-state index contributed by atoms with van der Waals surface area (Å²) in [6, 6.07) is 20.1. The summed E-state index contributed by atoms with van der Waals surface area (Å²) in [5.74, 6) is -0.385. The van der Waals surface area contributed by atoms with E-state index in [1.807, 2.05) is 60.7 Å². The van der Waals surface area contributed by atoms with Crippen molar-refractivity contribution >= 4 is 11.8 Å². The molecule has 152 valence electrons. The second-order valence-electron chi connectivity index (χ2n) is 8.68. The number of fused-ring (bicyclic) bond motifs is 1. The van der Waals surface area contributed by atoms with Gasteiger partial charge in [-0.2, -0.15) is 0 Å². The number of carbonyl (C=O) groups is 2. The molecule has 3 aliphatic carbocycles. The van der Waals surface area contributed by atoms with Crippen LogP contribution < -0.4 is 0 Å². The summed E-state index contributed by atoms with van der Waals surface area (Å²) < 4.78 is 11.1. The van der Waals surface area contributed by atoms with E-state index in [9.17, 15) is 9.59 Å². The first-order valence-corrected chi connectivity index (χ1v) is 10.3. The Morgan fingerprint density at radius 2 is 1.59 bits per heavy atom. The lowest BCUT2D eigenvalue weighted by Gasteiger charge is -2.47. The lowest BCUT2D eigenvalue weighted by molar-refractivity contribution is -0.156. The smallest absolute Gasteiger partial charge is 0.309 e. The van der Waals surface area contributed by atoms with Crippen LogP contribution in [0.4, 0.5) is 0 Å². The molecule has 1 unspecified atom stereocenters. The van der Waals surface area contributed by atoms with Crippen molar-refractivity contribution in [1.29, 1.82) is 0 Å². The summed E-state index contributed by atoms with van der Waals surface area (Å²) in [4.78, 5) is 25.7. The van der Waals surface area contributed by atoms with Gasteiger partial charge < -0.3 is 9.47 Å². The van der Waals surface area contributed by atoms with Gasteiger partial charge in [-0.05, 0) is 42.2 Å². The molecule has 3 saturated carbocycles. The van der Waals surface area contributed by atoms with Crippen molar-refractivity contribution in [1.82, 2.24) is 0 Å². The van der Waals surface area contributed by atoms with Crippen LogP contribution in [0.2, 0.25) is 0 Å². The van der Waals surface area contributed by atoms with Crippen molar-refractivity contribution in [3.8, 4) is 0 Å². The summed E-state index contributed by atoms with van der Waals surface area (Å²) in [5, 5.41) is 0. The highest BCUT2D eigenvalue weighted by Crippen LogP contribution is 2.70. The van der Waals surface area contributed by atoms with Gasteiger partial charge in [0.05, 0.1) is 26.2 Å². The Kier molecular flexibility index (Phi) is 5.55. The molecule has 0 spiro atoms. The van der Waals surface area contributed by atoms with E-state index in [1.54, 1.807) is 0 Å². The van der Waals surface area contributed by atoms with Gasteiger partial charge in [0, 0.05) is 11.8 Å². The fourth-order valence-electron chi connectivity index (χ4n) is 5.42. The van der Waals surface area contributed by atoms with E-state index in [1.165, 1.54) is 7.11 Å². The molecule has 0 saturated heterocycles. The van der Waals surface area contributed by atoms with Crippen molar-refractivity contribution in [2.45, 2.75) is 38.7 Å². The van der Waals surface area contributed by atoms with Gasteiger partial charge >= 0.3 is 5.97 Å². The summed E-state index contributed by atoms with van der Waals surface area (Å²) in [7, 11) is 1.42. The number of aryl methyl sites for hydroxylation is 1. The van der Waals surface area contributed by atoms with Crippen molar-refractivity contribution in [3.63, 3.8) is 0 Å². The van der Waals surface area contributed by atoms with E-state index in [4.69, 9.17) is 9.47 Å². The molecule has 29 heavy (non-hydrogen) atoms. The van der Waals surface area contributed by atoms with E-state index in [0.717, 1.165) is 24.0 Å². The summed E-state index contributed by atoms with van der Waals surface area (Å²) in [5.41, 5.74) is 1.66. The number of ether oxygens (including phenoxy) is 2. The minimum absolute atomic E-state index is 0.0734. The molecule has 0 aromatic heterocycles. The van der Waals surface area contributed by atoms with Crippen LogP contribution in [0.1, 0.15) is 36.8 Å². The van der Waals surface area contributed by atoms with Crippen LogP contribution in [0.3, 0.4) is 0 Å². The van der Waals surface area contributed by atoms with E-state index in [-0.39, 0.29) is 23.1 Å². The molecule has 1 atom stereocenters.